The number of aliphatic imine (C=N–C) groups is 1. The fourth-order valence-electron chi connectivity index (χ4n) is 4.93. The van der Waals surface area contributed by atoms with E-state index in [1.54, 1.807) is 0 Å². The first-order valence-corrected chi connectivity index (χ1v) is 10.0. The lowest BCUT2D eigenvalue weighted by molar-refractivity contribution is 0.116. The highest BCUT2D eigenvalue weighted by Crippen LogP contribution is 2.40. The highest BCUT2D eigenvalue weighted by Gasteiger charge is 2.32. The van der Waals surface area contributed by atoms with Gasteiger partial charge in [0.05, 0.1) is 0 Å². The average Bonchev–Trinajstić information content (AvgIpc) is 2.61. The summed E-state index contributed by atoms with van der Waals surface area (Å²) in [6.07, 6.45) is 9.91. The van der Waals surface area contributed by atoms with Gasteiger partial charge < -0.3 is 15.5 Å². The van der Waals surface area contributed by atoms with Gasteiger partial charge in [0.1, 0.15) is 0 Å². The van der Waals surface area contributed by atoms with Crippen LogP contribution < -0.4 is 10.6 Å². The molecule has 0 amide bonds. The molecular weight excluding hydrogens is 298 g/mol. The molecule has 1 aliphatic heterocycles. The molecule has 2 saturated carbocycles. The van der Waals surface area contributed by atoms with Crippen LogP contribution in [0.2, 0.25) is 0 Å². The van der Waals surface area contributed by atoms with Gasteiger partial charge in [-0.2, -0.15) is 0 Å². The monoisotopic (exact) mass is 335 g/mol. The SMILES string of the molecule is CN=C(NCC1CN(C)CCN1C)NC1CCC2CCCCC2C1. The molecule has 4 unspecified atom stereocenters. The van der Waals surface area contributed by atoms with Gasteiger partial charge in [-0.05, 0) is 45.2 Å². The maximum Gasteiger partial charge on any atom is 0.191 e. The van der Waals surface area contributed by atoms with Crippen LogP contribution in [0.1, 0.15) is 44.9 Å². The van der Waals surface area contributed by atoms with Gasteiger partial charge in [-0.1, -0.05) is 25.7 Å². The summed E-state index contributed by atoms with van der Waals surface area (Å²) in [6.45, 7) is 4.43. The van der Waals surface area contributed by atoms with E-state index in [1.165, 1.54) is 51.5 Å². The van der Waals surface area contributed by atoms with Gasteiger partial charge >= 0.3 is 0 Å². The van der Waals surface area contributed by atoms with E-state index in [1.807, 2.05) is 7.05 Å². The second-order valence-corrected chi connectivity index (χ2v) is 8.31. The number of hydrogen-bond donors (Lipinski definition) is 2. The first-order valence-electron chi connectivity index (χ1n) is 10.0. The first kappa shape index (κ1) is 18.0. The van der Waals surface area contributed by atoms with Gasteiger partial charge in [0.2, 0.25) is 0 Å². The van der Waals surface area contributed by atoms with E-state index in [9.17, 15) is 0 Å². The minimum atomic E-state index is 0.566. The maximum atomic E-state index is 4.48. The number of likely N-dealkylation sites (N-methyl/N-ethyl adjacent to an activating group) is 2. The summed E-state index contributed by atoms with van der Waals surface area (Å²) < 4.78 is 0. The van der Waals surface area contributed by atoms with Crippen LogP contribution in [-0.2, 0) is 0 Å². The number of rotatable bonds is 3. The van der Waals surface area contributed by atoms with Crippen LogP contribution in [0.15, 0.2) is 4.99 Å². The molecule has 3 fully saturated rings. The molecule has 0 bridgehead atoms. The smallest absolute Gasteiger partial charge is 0.191 e. The van der Waals surface area contributed by atoms with Gasteiger partial charge in [-0.3, -0.25) is 9.89 Å². The maximum absolute atomic E-state index is 4.48. The van der Waals surface area contributed by atoms with Crippen LogP contribution in [0, 0.1) is 11.8 Å². The standard InChI is InChI=1S/C19H37N5/c1-20-19(21-13-18-14-23(2)10-11-24(18)3)22-17-9-8-15-6-4-5-7-16(15)12-17/h15-18H,4-14H2,1-3H3,(H2,20,21,22). The molecule has 24 heavy (non-hydrogen) atoms. The Bertz CT molecular complexity index is 424. The summed E-state index contributed by atoms with van der Waals surface area (Å²) in [7, 11) is 6.36. The van der Waals surface area contributed by atoms with Crippen molar-refractivity contribution in [2.75, 3.05) is 47.3 Å². The first-order chi connectivity index (χ1) is 11.7. The Morgan fingerprint density at radius 1 is 1.04 bits per heavy atom. The lowest BCUT2D eigenvalue weighted by atomic mass is 9.69. The molecule has 1 heterocycles. The third-order valence-electron chi connectivity index (χ3n) is 6.59. The summed E-state index contributed by atoms with van der Waals surface area (Å²) >= 11 is 0. The average molecular weight is 336 g/mol. The van der Waals surface area contributed by atoms with Gasteiger partial charge in [0.15, 0.2) is 5.96 Å². The zero-order valence-corrected chi connectivity index (χ0v) is 15.9. The van der Waals surface area contributed by atoms with Gasteiger partial charge in [0, 0.05) is 45.3 Å². The summed E-state index contributed by atoms with van der Waals surface area (Å²) in [5.74, 6) is 2.97. The molecule has 0 spiro atoms. The summed E-state index contributed by atoms with van der Waals surface area (Å²) in [4.78, 5) is 9.37. The topological polar surface area (TPSA) is 42.9 Å². The van der Waals surface area contributed by atoms with E-state index in [-0.39, 0.29) is 0 Å². The summed E-state index contributed by atoms with van der Waals surface area (Å²) in [5.41, 5.74) is 0. The van der Waals surface area contributed by atoms with Crippen LogP contribution >= 0.6 is 0 Å². The predicted molar refractivity (Wildman–Crippen MR) is 101 cm³/mol. The zero-order chi connectivity index (χ0) is 16.9. The molecule has 0 aromatic heterocycles. The Morgan fingerprint density at radius 3 is 2.62 bits per heavy atom. The number of hydrogen-bond acceptors (Lipinski definition) is 3. The minimum absolute atomic E-state index is 0.566. The number of nitrogens with one attached hydrogen (secondary N) is 2. The molecule has 5 nitrogen and oxygen atoms in total. The Labute approximate surface area is 148 Å². The lowest BCUT2D eigenvalue weighted by Gasteiger charge is -2.40. The van der Waals surface area contributed by atoms with Crippen LogP contribution in [-0.4, -0.2) is 75.2 Å². The van der Waals surface area contributed by atoms with E-state index in [4.69, 9.17) is 0 Å². The quantitative estimate of drug-likeness (QED) is 0.609. The van der Waals surface area contributed by atoms with Crippen molar-refractivity contribution in [1.82, 2.24) is 20.4 Å². The molecule has 2 N–H and O–H groups in total. The number of nitrogens with zero attached hydrogens (tertiary/aromatic N) is 3. The molecule has 5 heteroatoms. The van der Waals surface area contributed by atoms with Gasteiger partial charge in [-0.15, -0.1) is 0 Å². The highest BCUT2D eigenvalue weighted by molar-refractivity contribution is 5.80. The third-order valence-corrected chi connectivity index (χ3v) is 6.59. The number of guanidine groups is 1. The van der Waals surface area contributed by atoms with E-state index >= 15 is 0 Å². The molecule has 1 saturated heterocycles. The molecule has 3 rings (SSSR count). The molecule has 0 aromatic carbocycles. The third kappa shape index (κ3) is 4.63. The van der Waals surface area contributed by atoms with Crippen molar-refractivity contribution in [2.24, 2.45) is 16.8 Å². The number of piperazine rings is 1. The largest absolute Gasteiger partial charge is 0.355 e. The van der Waals surface area contributed by atoms with E-state index in [0.29, 0.717) is 12.1 Å². The molecular formula is C19H37N5. The van der Waals surface area contributed by atoms with E-state index < -0.39 is 0 Å². The van der Waals surface area contributed by atoms with Crippen molar-refractivity contribution >= 4 is 5.96 Å². The molecule has 4 atom stereocenters. The Kier molecular flexibility index (Phi) is 6.39. The van der Waals surface area contributed by atoms with Crippen molar-refractivity contribution < 1.29 is 0 Å². The number of fused-ring (bicyclic) bond motifs is 1. The second kappa shape index (κ2) is 8.52. The zero-order valence-electron chi connectivity index (χ0n) is 15.9. The Morgan fingerprint density at radius 2 is 1.83 bits per heavy atom. The normalized spacial score (nSPS) is 36.2. The molecule has 138 valence electrons. The predicted octanol–water partition coefficient (Wildman–Crippen LogP) is 1.76. The summed E-state index contributed by atoms with van der Waals surface area (Å²) in [5, 5.41) is 7.29. The van der Waals surface area contributed by atoms with Crippen LogP contribution in [0.25, 0.3) is 0 Å². The lowest BCUT2D eigenvalue weighted by Crippen LogP contribution is -2.56. The fourth-order valence-corrected chi connectivity index (χ4v) is 4.93. The highest BCUT2D eigenvalue weighted by atomic mass is 15.3. The summed E-state index contributed by atoms with van der Waals surface area (Å²) in [6, 6.07) is 1.18. The van der Waals surface area contributed by atoms with E-state index in [2.05, 4.69) is 39.5 Å². The Balaban J connectivity index is 1.45. The Hall–Kier alpha value is -0.810. The van der Waals surface area contributed by atoms with E-state index in [0.717, 1.165) is 37.4 Å². The van der Waals surface area contributed by atoms with Crippen LogP contribution in [0.4, 0.5) is 0 Å². The molecule has 3 aliphatic rings. The van der Waals surface area contributed by atoms with Crippen molar-refractivity contribution in [3.63, 3.8) is 0 Å². The minimum Gasteiger partial charge on any atom is -0.355 e. The molecule has 0 radical (unpaired) electrons. The van der Waals surface area contributed by atoms with Gasteiger partial charge in [0.25, 0.3) is 0 Å². The van der Waals surface area contributed by atoms with Crippen molar-refractivity contribution in [2.45, 2.75) is 57.0 Å². The molecule has 2 aliphatic carbocycles. The van der Waals surface area contributed by atoms with Crippen molar-refractivity contribution in [3.8, 4) is 0 Å². The van der Waals surface area contributed by atoms with Crippen molar-refractivity contribution in [3.05, 3.63) is 0 Å². The fraction of sp³-hybridized carbons (Fsp3) is 0.947. The van der Waals surface area contributed by atoms with Crippen LogP contribution in [0.5, 0.6) is 0 Å². The van der Waals surface area contributed by atoms with Gasteiger partial charge in [-0.25, -0.2) is 0 Å². The van der Waals surface area contributed by atoms with Crippen LogP contribution in [0.3, 0.4) is 0 Å². The molecule has 0 aromatic rings. The second-order valence-electron chi connectivity index (χ2n) is 8.31. The van der Waals surface area contributed by atoms with Crippen molar-refractivity contribution in [1.29, 1.82) is 0 Å².